The molecule has 5 heteroatoms. The molecule has 1 unspecified atom stereocenters. The molecule has 1 aromatic heterocycles. The summed E-state index contributed by atoms with van der Waals surface area (Å²) >= 11 is 5.83. The van der Waals surface area contributed by atoms with Crippen molar-refractivity contribution >= 4 is 11.6 Å². The highest BCUT2D eigenvalue weighted by Gasteiger charge is 2.11. The van der Waals surface area contributed by atoms with Crippen molar-refractivity contribution in [2.45, 2.75) is 40.0 Å². The van der Waals surface area contributed by atoms with Gasteiger partial charge in [-0.05, 0) is 44.0 Å². The second-order valence-electron chi connectivity index (χ2n) is 5.27. The van der Waals surface area contributed by atoms with E-state index in [4.69, 9.17) is 16.3 Å². The van der Waals surface area contributed by atoms with Gasteiger partial charge in [0.05, 0.1) is 31.6 Å². The molecule has 1 N–H and O–H groups in total. The van der Waals surface area contributed by atoms with Crippen LogP contribution in [0.2, 0.25) is 5.02 Å². The van der Waals surface area contributed by atoms with E-state index in [1.165, 1.54) is 5.56 Å². The van der Waals surface area contributed by atoms with E-state index in [0.29, 0.717) is 18.2 Å². The Morgan fingerprint density at radius 3 is 2.48 bits per heavy atom. The summed E-state index contributed by atoms with van der Waals surface area (Å²) in [5.74, 6) is 0. The van der Waals surface area contributed by atoms with Gasteiger partial charge in [-0.1, -0.05) is 23.7 Å². The molecule has 0 amide bonds. The van der Waals surface area contributed by atoms with E-state index in [1.54, 1.807) is 0 Å². The molecule has 0 saturated heterocycles. The van der Waals surface area contributed by atoms with Crippen LogP contribution < -0.4 is 0 Å². The van der Waals surface area contributed by atoms with Gasteiger partial charge in [0.2, 0.25) is 0 Å². The van der Waals surface area contributed by atoms with Crippen LogP contribution in [0.4, 0.5) is 0 Å². The minimum Gasteiger partial charge on any atom is -0.389 e. The van der Waals surface area contributed by atoms with Crippen LogP contribution in [0.15, 0.2) is 24.3 Å². The van der Waals surface area contributed by atoms with Gasteiger partial charge in [-0.2, -0.15) is 5.10 Å². The molecule has 114 valence electrons. The Balaban J connectivity index is 1.80. The van der Waals surface area contributed by atoms with Gasteiger partial charge in [0.25, 0.3) is 0 Å². The molecule has 0 fully saturated rings. The van der Waals surface area contributed by atoms with Crippen LogP contribution in [0.25, 0.3) is 0 Å². The van der Waals surface area contributed by atoms with Gasteiger partial charge in [0.15, 0.2) is 0 Å². The Labute approximate surface area is 130 Å². The number of hydrogen-bond acceptors (Lipinski definition) is 3. The Kier molecular flexibility index (Phi) is 5.39. The van der Waals surface area contributed by atoms with Crippen LogP contribution in [-0.4, -0.2) is 27.6 Å². The Morgan fingerprint density at radius 2 is 1.90 bits per heavy atom. The molecule has 4 nitrogen and oxygen atoms in total. The molecular weight excluding hydrogens is 288 g/mol. The summed E-state index contributed by atoms with van der Waals surface area (Å²) in [5, 5.41) is 15.2. The molecule has 0 spiro atoms. The second-order valence-corrected chi connectivity index (χ2v) is 5.71. The molecule has 1 aromatic carbocycles. The van der Waals surface area contributed by atoms with Crippen LogP contribution in [0.5, 0.6) is 0 Å². The fourth-order valence-corrected chi connectivity index (χ4v) is 2.24. The zero-order chi connectivity index (χ0) is 15.4. The standard InChI is InChI=1S/C16H21ClN2O2/c1-11-12(2)18-19(13(11)3)8-16(20)10-21-9-14-4-6-15(17)7-5-14/h4-7,16,20H,8-10H2,1-3H3. The number of hydrogen-bond donors (Lipinski definition) is 1. The van der Waals surface area contributed by atoms with Crippen LogP contribution in [0.1, 0.15) is 22.5 Å². The molecule has 0 aliphatic heterocycles. The van der Waals surface area contributed by atoms with Gasteiger partial charge < -0.3 is 9.84 Å². The van der Waals surface area contributed by atoms with E-state index in [0.717, 1.165) is 17.0 Å². The van der Waals surface area contributed by atoms with E-state index in [9.17, 15) is 5.11 Å². The molecule has 0 saturated carbocycles. The van der Waals surface area contributed by atoms with Crippen molar-refractivity contribution in [2.75, 3.05) is 6.61 Å². The molecule has 0 aliphatic carbocycles. The number of rotatable bonds is 6. The first kappa shape index (κ1) is 16.0. The van der Waals surface area contributed by atoms with Gasteiger partial charge in [-0.3, -0.25) is 4.68 Å². The summed E-state index contributed by atoms with van der Waals surface area (Å²) in [6.45, 7) is 7.21. The van der Waals surface area contributed by atoms with Gasteiger partial charge in [0.1, 0.15) is 0 Å². The van der Waals surface area contributed by atoms with Crippen LogP contribution in [0.3, 0.4) is 0 Å². The van der Waals surface area contributed by atoms with Gasteiger partial charge in [-0.15, -0.1) is 0 Å². The minimum absolute atomic E-state index is 0.278. The summed E-state index contributed by atoms with van der Waals surface area (Å²) < 4.78 is 7.37. The fraction of sp³-hybridized carbons (Fsp3) is 0.438. The maximum atomic E-state index is 10.0. The Hall–Kier alpha value is -1.36. The summed E-state index contributed by atoms with van der Waals surface area (Å²) in [4.78, 5) is 0. The third kappa shape index (κ3) is 4.30. The summed E-state index contributed by atoms with van der Waals surface area (Å²) in [5.41, 5.74) is 4.30. The number of ether oxygens (including phenoxy) is 1. The average Bonchev–Trinajstić information content (AvgIpc) is 2.68. The molecule has 2 aromatic rings. The number of aryl methyl sites for hydroxylation is 1. The number of aromatic nitrogens is 2. The third-order valence-electron chi connectivity index (χ3n) is 3.62. The van der Waals surface area contributed by atoms with Crippen LogP contribution in [-0.2, 0) is 17.9 Å². The van der Waals surface area contributed by atoms with Crippen LogP contribution in [0, 0.1) is 20.8 Å². The largest absolute Gasteiger partial charge is 0.389 e. The lowest BCUT2D eigenvalue weighted by Crippen LogP contribution is -2.23. The molecule has 21 heavy (non-hydrogen) atoms. The molecule has 0 radical (unpaired) electrons. The summed E-state index contributed by atoms with van der Waals surface area (Å²) in [6, 6.07) is 7.49. The predicted molar refractivity (Wildman–Crippen MR) is 83.6 cm³/mol. The minimum atomic E-state index is -0.574. The molecule has 0 aliphatic rings. The summed E-state index contributed by atoms with van der Waals surface area (Å²) in [7, 11) is 0. The SMILES string of the molecule is Cc1nn(CC(O)COCc2ccc(Cl)cc2)c(C)c1C. The van der Waals surface area contributed by atoms with Crippen molar-refractivity contribution in [1.82, 2.24) is 9.78 Å². The average molecular weight is 309 g/mol. The highest BCUT2D eigenvalue weighted by Crippen LogP contribution is 2.12. The molecule has 0 bridgehead atoms. The molecule has 1 heterocycles. The van der Waals surface area contributed by atoms with E-state index in [1.807, 2.05) is 49.7 Å². The number of halogens is 1. The highest BCUT2D eigenvalue weighted by atomic mass is 35.5. The van der Waals surface area contributed by atoms with Gasteiger partial charge in [0, 0.05) is 10.7 Å². The lowest BCUT2D eigenvalue weighted by Gasteiger charge is -2.13. The normalized spacial score (nSPS) is 12.6. The second kappa shape index (κ2) is 7.07. The van der Waals surface area contributed by atoms with Crippen molar-refractivity contribution in [2.24, 2.45) is 0 Å². The van der Waals surface area contributed by atoms with E-state index in [-0.39, 0.29) is 6.61 Å². The predicted octanol–water partition coefficient (Wildman–Crippen LogP) is 3.04. The fourth-order valence-electron chi connectivity index (χ4n) is 2.11. The van der Waals surface area contributed by atoms with Crippen molar-refractivity contribution in [3.05, 3.63) is 51.8 Å². The maximum absolute atomic E-state index is 10.0. The monoisotopic (exact) mass is 308 g/mol. The zero-order valence-corrected chi connectivity index (χ0v) is 13.4. The van der Waals surface area contributed by atoms with E-state index >= 15 is 0 Å². The van der Waals surface area contributed by atoms with E-state index in [2.05, 4.69) is 5.10 Å². The first-order valence-electron chi connectivity index (χ1n) is 6.98. The number of nitrogens with zero attached hydrogens (tertiary/aromatic N) is 2. The molecular formula is C16H21ClN2O2. The first-order chi connectivity index (χ1) is 9.97. The highest BCUT2D eigenvalue weighted by molar-refractivity contribution is 6.30. The molecule has 1 atom stereocenters. The summed E-state index contributed by atoms with van der Waals surface area (Å²) in [6.07, 6.45) is -0.574. The third-order valence-corrected chi connectivity index (χ3v) is 3.87. The number of aliphatic hydroxyl groups is 1. The topological polar surface area (TPSA) is 47.3 Å². The number of benzene rings is 1. The maximum Gasteiger partial charge on any atom is 0.0969 e. The van der Waals surface area contributed by atoms with Crippen molar-refractivity contribution < 1.29 is 9.84 Å². The van der Waals surface area contributed by atoms with Gasteiger partial charge in [-0.25, -0.2) is 0 Å². The quantitative estimate of drug-likeness (QED) is 0.892. The van der Waals surface area contributed by atoms with E-state index < -0.39 is 6.10 Å². The van der Waals surface area contributed by atoms with Crippen LogP contribution >= 0.6 is 11.6 Å². The number of aliphatic hydroxyl groups excluding tert-OH is 1. The van der Waals surface area contributed by atoms with Crippen molar-refractivity contribution in [3.8, 4) is 0 Å². The Bertz CT molecular complexity index is 593. The van der Waals surface area contributed by atoms with Gasteiger partial charge >= 0.3 is 0 Å². The first-order valence-corrected chi connectivity index (χ1v) is 7.36. The Morgan fingerprint density at radius 1 is 1.24 bits per heavy atom. The smallest absolute Gasteiger partial charge is 0.0969 e. The molecule has 2 rings (SSSR count). The van der Waals surface area contributed by atoms with Crippen molar-refractivity contribution in [3.63, 3.8) is 0 Å². The lowest BCUT2D eigenvalue weighted by molar-refractivity contribution is 0.0184. The zero-order valence-electron chi connectivity index (χ0n) is 12.6. The van der Waals surface area contributed by atoms with Crippen molar-refractivity contribution in [1.29, 1.82) is 0 Å². The lowest BCUT2D eigenvalue weighted by atomic mass is 10.2.